The van der Waals surface area contributed by atoms with Gasteiger partial charge in [0.2, 0.25) is 0 Å². The molecule has 0 saturated carbocycles. The first-order valence-electron chi connectivity index (χ1n) is 7.79. The number of amides is 1. The molecule has 2 atom stereocenters. The third-order valence-electron chi connectivity index (χ3n) is 3.43. The highest BCUT2D eigenvalue weighted by molar-refractivity contribution is 5.68. The molecule has 1 fully saturated rings. The lowest BCUT2D eigenvalue weighted by atomic mass is 10.1. The van der Waals surface area contributed by atoms with E-state index in [-0.39, 0.29) is 6.04 Å². The molecule has 1 aromatic carbocycles. The molecule has 22 heavy (non-hydrogen) atoms. The first kappa shape index (κ1) is 16.8. The van der Waals surface area contributed by atoms with Crippen LogP contribution in [0.3, 0.4) is 0 Å². The lowest BCUT2D eigenvalue weighted by Crippen LogP contribution is -2.41. The first-order chi connectivity index (χ1) is 10.4. The second-order valence-electron chi connectivity index (χ2n) is 6.58. The number of hydrogen-bond donors (Lipinski definition) is 2. The fourth-order valence-electron chi connectivity index (χ4n) is 2.37. The molecule has 0 bridgehead atoms. The first-order valence-corrected chi connectivity index (χ1v) is 7.79. The van der Waals surface area contributed by atoms with E-state index >= 15 is 0 Å². The molecule has 2 rings (SSSR count). The summed E-state index contributed by atoms with van der Waals surface area (Å²) in [5, 5.41) is 6.40. The minimum absolute atomic E-state index is 0.128. The van der Waals surface area contributed by atoms with Gasteiger partial charge in [-0.05, 0) is 32.8 Å². The quantitative estimate of drug-likeness (QED) is 0.878. The Bertz CT molecular complexity index is 465. The molecule has 1 aliphatic rings. The van der Waals surface area contributed by atoms with Crippen LogP contribution in [0.15, 0.2) is 30.3 Å². The van der Waals surface area contributed by atoms with Gasteiger partial charge in [-0.15, -0.1) is 0 Å². The number of rotatable bonds is 5. The molecular weight excluding hydrogens is 280 g/mol. The van der Waals surface area contributed by atoms with E-state index in [0.717, 1.165) is 25.2 Å². The van der Waals surface area contributed by atoms with Crippen molar-refractivity contribution in [2.75, 3.05) is 19.8 Å². The molecular formula is C17H26N2O3. The SMILES string of the molecule is CC(C)(C)OC(=O)NC(CNC1CCOC1)c1ccccc1. The van der Waals surface area contributed by atoms with E-state index in [1.165, 1.54) is 0 Å². The van der Waals surface area contributed by atoms with Crippen molar-refractivity contribution in [2.45, 2.75) is 44.9 Å². The van der Waals surface area contributed by atoms with Gasteiger partial charge in [-0.25, -0.2) is 4.79 Å². The standard InChI is InChI=1S/C17H26N2O3/c1-17(2,3)22-16(20)19-15(13-7-5-4-6-8-13)11-18-14-9-10-21-12-14/h4-8,14-15,18H,9-12H2,1-3H3,(H,19,20). The maximum atomic E-state index is 12.1. The minimum atomic E-state index is -0.502. The van der Waals surface area contributed by atoms with Crippen LogP contribution in [0.5, 0.6) is 0 Å². The van der Waals surface area contributed by atoms with Gasteiger partial charge in [-0.1, -0.05) is 30.3 Å². The number of nitrogens with one attached hydrogen (secondary N) is 2. The van der Waals surface area contributed by atoms with Gasteiger partial charge in [0.25, 0.3) is 0 Å². The van der Waals surface area contributed by atoms with Gasteiger partial charge in [0.1, 0.15) is 5.60 Å². The summed E-state index contributed by atoms with van der Waals surface area (Å²) in [4.78, 5) is 12.1. The van der Waals surface area contributed by atoms with Crippen molar-refractivity contribution in [2.24, 2.45) is 0 Å². The van der Waals surface area contributed by atoms with Crippen LogP contribution in [0, 0.1) is 0 Å². The van der Waals surface area contributed by atoms with Crippen molar-refractivity contribution in [3.05, 3.63) is 35.9 Å². The Morgan fingerprint density at radius 1 is 1.36 bits per heavy atom. The van der Waals surface area contributed by atoms with E-state index in [1.807, 2.05) is 51.1 Å². The zero-order chi connectivity index (χ0) is 16.0. The summed E-state index contributed by atoms with van der Waals surface area (Å²) in [6.45, 7) is 7.76. The number of carbonyl (C=O) groups excluding carboxylic acids is 1. The van der Waals surface area contributed by atoms with E-state index in [2.05, 4.69) is 10.6 Å². The zero-order valence-electron chi connectivity index (χ0n) is 13.6. The van der Waals surface area contributed by atoms with Crippen molar-refractivity contribution < 1.29 is 14.3 Å². The van der Waals surface area contributed by atoms with Crippen LogP contribution < -0.4 is 10.6 Å². The van der Waals surface area contributed by atoms with E-state index in [4.69, 9.17) is 9.47 Å². The summed E-state index contributed by atoms with van der Waals surface area (Å²) in [6, 6.07) is 10.1. The van der Waals surface area contributed by atoms with E-state index in [9.17, 15) is 4.79 Å². The molecule has 1 aliphatic heterocycles. The average Bonchev–Trinajstić information content (AvgIpc) is 2.95. The molecule has 0 spiro atoms. The van der Waals surface area contributed by atoms with Gasteiger partial charge >= 0.3 is 6.09 Å². The van der Waals surface area contributed by atoms with E-state index < -0.39 is 11.7 Å². The van der Waals surface area contributed by atoms with Gasteiger partial charge in [0, 0.05) is 19.2 Å². The molecule has 1 aromatic rings. The van der Waals surface area contributed by atoms with Crippen molar-refractivity contribution in [3.8, 4) is 0 Å². The number of hydrogen-bond acceptors (Lipinski definition) is 4. The summed E-state index contributed by atoms with van der Waals surface area (Å²) in [6.07, 6.45) is 0.610. The number of benzene rings is 1. The van der Waals surface area contributed by atoms with Crippen LogP contribution in [0.25, 0.3) is 0 Å². The summed E-state index contributed by atoms with van der Waals surface area (Å²) >= 11 is 0. The van der Waals surface area contributed by atoms with Gasteiger partial charge in [-0.3, -0.25) is 0 Å². The predicted molar refractivity (Wildman–Crippen MR) is 85.8 cm³/mol. The highest BCUT2D eigenvalue weighted by Gasteiger charge is 2.22. The molecule has 1 heterocycles. The molecule has 122 valence electrons. The topological polar surface area (TPSA) is 59.6 Å². The monoisotopic (exact) mass is 306 g/mol. The number of carbonyl (C=O) groups is 1. The highest BCUT2D eigenvalue weighted by Crippen LogP contribution is 2.15. The molecule has 0 aliphatic carbocycles. The Balaban J connectivity index is 1.96. The van der Waals surface area contributed by atoms with Crippen molar-refractivity contribution >= 4 is 6.09 Å². The van der Waals surface area contributed by atoms with Gasteiger partial charge in [0.15, 0.2) is 0 Å². The average molecular weight is 306 g/mol. The van der Waals surface area contributed by atoms with Gasteiger partial charge in [0.05, 0.1) is 12.6 Å². The van der Waals surface area contributed by atoms with Crippen LogP contribution in [0.4, 0.5) is 4.79 Å². The molecule has 5 heteroatoms. The molecule has 2 N–H and O–H groups in total. The summed E-state index contributed by atoms with van der Waals surface area (Å²) in [7, 11) is 0. The van der Waals surface area contributed by atoms with Crippen LogP contribution in [0.1, 0.15) is 38.8 Å². The molecule has 1 saturated heterocycles. The predicted octanol–water partition coefficient (Wildman–Crippen LogP) is 2.63. The maximum Gasteiger partial charge on any atom is 0.408 e. The second-order valence-corrected chi connectivity index (χ2v) is 6.58. The van der Waals surface area contributed by atoms with Crippen molar-refractivity contribution in [1.29, 1.82) is 0 Å². The Kier molecular flexibility index (Phi) is 5.80. The summed E-state index contributed by atoms with van der Waals surface area (Å²) < 4.78 is 10.7. The second kappa shape index (κ2) is 7.61. The van der Waals surface area contributed by atoms with Crippen LogP contribution in [-0.2, 0) is 9.47 Å². The zero-order valence-corrected chi connectivity index (χ0v) is 13.6. The molecule has 5 nitrogen and oxygen atoms in total. The minimum Gasteiger partial charge on any atom is -0.444 e. The Morgan fingerprint density at radius 2 is 2.09 bits per heavy atom. The van der Waals surface area contributed by atoms with E-state index in [1.54, 1.807) is 0 Å². The summed E-state index contributed by atoms with van der Waals surface area (Å²) in [5.41, 5.74) is 0.553. The molecule has 1 amide bonds. The number of alkyl carbamates (subject to hydrolysis) is 1. The highest BCUT2D eigenvalue weighted by atomic mass is 16.6. The molecule has 0 radical (unpaired) electrons. The Hall–Kier alpha value is -1.59. The van der Waals surface area contributed by atoms with Crippen LogP contribution in [-0.4, -0.2) is 37.5 Å². The Labute approximate surface area is 132 Å². The normalized spacial score (nSPS) is 19.7. The van der Waals surface area contributed by atoms with E-state index in [0.29, 0.717) is 12.6 Å². The Morgan fingerprint density at radius 3 is 2.68 bits per heavy atom. The largest absolute Gasteiger partial charge is 0.444 e. The third kappa shape index (κ3) is 5.66. The van der Waals surface area contributed by atoms with Gasteiger partial charge in [-0.2, -0.15) is 0 Å². The lowest BCUT2D eigenvalue weighted by Gasteiger charge is -2.25. The lowest BCUT2D eigenvalue weighted by molar-refractivity contribution is 0.0502. The molecule has 0 aromatic heterocycles. The van der Waals surface area contributed by atoms with Crippen molar-refractivity contribution in [1.82, 2.24) is 10.6 Å². The summed E-state index contributed by atoms with van der Waals surface area (Å²) in [5.74, 6) is 0. The van der Waals surface area contributed by atoms with Crippen LogP contribution in [0.2, 0.25) is 0 Å². The van der Waals surface area contributed by atoms with Crippen molar-refractivity contribution in [3.63, 3.8) is 0 Å². The van der Waals surface area contributed by atoms with Crippen LogP contribution >= 0.6 is 0 Å². The third-order valence-corrected chi connectivity index (χ3v) is 3.43. The molecule has 2 unspecified atom stereocenters. The number of ether oxygens (including phenoxy) is 2. The smallest absolute Gasteiger partial charge is 0.408 e. The fourth-order valence-corrected chi connectivity index (χ4v) is 2.37. The fraction of sp³-hybridized carbons (Fsp3) is 0.588. The maximum absolute atomic E-state index is 12.1. The van der Waals surface area contributed by atoms with Gasteiger partial charge < -0.3 is 20.1 Å².